The number of amides is 1. The molecule has 1 aliphatic heterocycles. The molecule has 0 radical (unpaired) electrons. The van der Waals surface area contributed by atoms with Gasteiger partial charge < -0.3 is 9.84 Å². The van der Waals surface area contributed by atoms with Gasteiger partial charge in [-0.25, -0.2) is 0 Å². The molecule has 8 heteroatoms. The first-order valence-corrected chi connectivity index (χ1v) is 10.4. The van der Waals surface area contributed by atoms with Gasteiger partial charge >= 0.3 is 0 Å². The van der Waals surface area contributed by atoms with Gasteiger partial charge in [-0.2, -0.15) is 4.98 Å². The van der Waals surface area contributed by atoms with E-state index in [1.54, 1.807) is 24.8 Å². The highest BCUT2D eigenvalue weighted by molar-refractivity contribution is 5.78. The lowest BCUT2D eigenvalue weighted by Gasteiger charge is -2.24. The van der Waals surface area contributed by atoms with Crippen LogP contribution in [0.15, 0.2) is 53.6 Å². The Kier molecular flexibility index (Phi) is 5.00. The van der Waals surface area contributed by atoms with E-state index in [2.05, 4.69) is 25.3 Å². The van der Waals surface area contributed by atoms with Crippen LogP contribution in [-0.2, 0) is 16.8 Å². The third-order valence-electron chi connectivity index (χ3n) is 6.29. The predicted molar refractivity (Wildman–Crippen MR) is 109 cm³/mol. The van der Waals surface area contributed by atoms with E-state index in [9.17, 15) is 4.79 Å². The largest absolute Gasteiger partial charge is 0.351 e. The molecule has 5 rings (SSSR count). The van der Waals surface area contributed by atoms with Crippen molar-refractivity contribution >= 4 is 5.91 Å². The van der Waals surface area contributed by atoms with Gasteiger partial charge in [0.2, 0.25) is 17.6 Å². The summed E-state index contributed by atoms with van der Waals surface area (Å²) in [7, 11) is 0. The van der Waals surface area contributed by atoms with E-state index in [1.165, 1.54) is 0 Å². The Bertz CT molecular complexity index is 1010. The number of pyridine rings is 2. The van der Waals surface area contributed by atoms with E-state index in [0.717, 1.165) is 43.5 Å². The lowest BCUT2D eigenvalue weighted by atomic mass is 9.80. The van der Waals surface area contributed by atoms with Gasteiger partial charge in [-0.15, -0.1) is 0 Å². The summed E-state index contributed by atoms with van der Waals surface area (Å²) in [5, 5.41) is 7.20. The van der Waals surface area contributed by atoms with Crippen LogP contribution in [-0.4, -0.2) is 50.5 Å². The smallest absolute Gasteiger partial charge is 0.234 e. The third-order valence-corrected chi connectivity index (χ3v) is 6.29. The molecule has 0 spiro atoms. The monoisotopic (exact) mass is 404 g/mol. The maximum atomic E-state index is 12.5. The minimum absolute atomic E-state index is 0.0237. The van der Waals surface area contributed by atoms with E-state index < -0.39 is 0 Å². The minimum atomic E-state index is -0.156. The number of nitrogens with one attached hydrogen (secondary N) is 1. The second-order valence-electron chi connectivity index (χ2n) is 8.22. The molecule has 2 fully saturated rings. The fourth-order valence-corrected chi connectivity index (χ4v) is 4.86. The molecule has 30 heavy (non-hydrogen) atoms. The van der Waals surface area contributed by atoms with Gasteiger partial charge in [0.1, 0.15) is 0 Å². The fourth-order valence-electron chi connectivity index (χ4n) is 4.86. The normalized spacial score (nSPS) is 23.4. The average Bonchev–Trinajstić information content (AvgIpc) is 3.48. The van der Waals surface area contributed by atoms with Gasteiger partial charge in [0.05, 0.1) is 12.0 Å². The molecule has 2 aliphatic rings. The van der Waals surface area contributed by atoms with Crippen LogP contribution in [0.2, 0.25) is 0 Å². The second kappa shape index (κ2) is 7.95. The van der Waals surface area contributed by atoms with Gasteiger partial charge in [0, 0.05) is 50.0 Å². The molecule has 0 bridgehead atoms. The molecule has 8 nitrogen and oxygen atoms in total. The zero-order chi connectivity index (χ0) is 20.4. The number of likely N-dealkylation sites (tertiary alicyclic amines) is 1. The van der Waals surface area contributed by atoms with Crippen molar-refractivity contribution in [2.75, 3.05) is 19.6 Å². The van der Waals surface area contributed by atoms with Gasteiger partial charge in [0.15, 0.2) is 0 Å². The SMILES string of the molecule is O=C(CN1C[C@H]2CCC[C@@]2(c2nc(-c3cccnc3)no2)C1)NCc1cccnc1. The van der Waals surface area contributed by atoms with Gasteiger partial charge in [-0.05, 0) is 42.5 Å². The number of hydrogen-bond donors (Lipinski definition) is 1. The molecule has 4 heterocycles. The summed E-state index contributed by atoms with van der Waals surface area (Å²) in [5.41, 5.74) is 1.69. The first-order chi connectivity index (χ1) is 14.7. The molecule has 0 unspecified atom stereocenters. The summed E-state index contributed by atoms with van der Waals surface area (Å²) in [5.74, 6) is 1.73. The van der Waals surface area contributed by atoms with Crippen molar-refractivity contribution < 1.29 is 9.32 Å². The highest BCUT2D eigenvalue weighted by atomic mass is 16.5. The molecule has 1 N–H and O–H groups in total. The van der Waals surface area contributed by atoms with Crippen LogP contribution < -0.4 is 5.32 Å². The second-order valence-corrected chi connectivity index (χ2v) is 8.22. The molecule has 2 atom stereocenters. The summed E-state index contributed by atoms with van der Waals surface area (Å²) in [4.78, 5) is 27.7. The predicted octanol–water partition coefficient (Wildman–Crippen LogP) is 2.20. The molecule has 3 aromatic heterocycles. The summed E-state index contributed by atoms with van der Waals surface area (Å²) >= 11 is 0. The fraction of sp³-hybridized carbons (Fsp3) is 0.409. The standard InChI is InChI=1S/C22H24N6O2/c29-19(25-11-16-4-2-8-23-10-16)14-28-13-18-6-1-7-22(18,15-28)21-26-20(27-30-21)17-5-3-9-24-12-17/h2-5,8-10,12,18H,1,6-7,11,13-15H2,(H,25,29)/t18-,22-/m1/s1. The van der Waals surface area contributed by atoms with Crippen LogP contribution in [0.1, 0.15) is 30.7 Å². The highest BCUT2D eigenvalue weighted by Crippen LogP contribution is 2.50. The van der Waals surface area contributed by atoms with Gasteiger partial charge in [-0.1, -0.05) is 17.6 Å². The Hall–Kier alpha value is -3.13. The van der Waals surface area contributed by atoms with Crippen molar-refractivity contribution in [2.45, 2.75) is 31.2 Å². The summed E-state index contributed by atoms with van der Waals surface area (Å²) in [6.07, 6.45) is 10.3. The van der Waals surface area contributed by atoms with Crippen LogP contribution >= 0.6 is 0 Å². The third kappa shape index (κ3) is 3.59. The van der Waals surface area contributed by atoms with Crippen LogP contribution in [0.4, 0.5) is 0 Å². The number of rotatable bonds is 6. The highest BCUT2D eigenvalue weighted by Gasteiger charge is 2.54. The number of carbonyl (C=O) groups is 1. The molecule has 1 aliphatic carbocycles. The Morgan fingerprint density at radius 1 is 1.23 bits per heavy atom. The number of hydrogen-bond acceptors (Lipinski definition) is 7. The Balaban J connectivity index is 1.26. The molecular formula is C22H24N6O2. The van der Waals surface area contributed by atoms with Crippen molar-refractivity contribution in [3.8, 4) is 11.4 Å². The minimum Gasteiger partial charge on any atom is -0.351 e. The first-order valence-electron chi connectivity index (χ1n) is 10.4. The topological polar surface area (TPSA) is 97.0 Å². The van der Waals surface area contributed by atoms with Crippen LogP contribution in [0.3, 0.4) is 0 Å². The van der Waals surface area contributed by atoms with Crippen molar-refractivity contribution in [1.82, 2.24) is 30.3 Å². The summed E-state index contributed by atoms with van der Waals surface area (Å²) < 4.78 is 5.74. The van der Waals surface area contributed by atoms with Crippen LogP contribution in [0, 0.1) is 5.92 Å². The summed E-state index contributed by atoms with van der Waals surface area (Å²) in [6.45, 7) is 2.52. The number of carbonyl (C=O) groups excluding carboxylic acids is 1. The van der Waals surface area contributed by atoms with E-state index in [4.69, 9.17) is 9.51 Å². The van der Waals surface area contributed by atoms with E-state index in [0.29, 0.717) is 30.7 Å². The number of fused-ring (bicyclic) bond motifs is 1. The molecule has 1 saturated carbocycles. The van der Waals surface area contributed by atoms with Crippen LogP contribution in [0.5, 0.6) is 0 Å². The van der Waals surface area contributed by atoms with E-state index >= 15 is 0 Å². The lowest BCUT2D eigenvalue weighted by Crippen LogP contribution is -2.38. The molecule has 1 saturated heterocycles. The maximum absolute atomic E-state index is 12.5. The first kappa shape index (κ1) is 18.9. The lowest BCUT2D eigenvalue weighted by molar-refractivity contribution is -0.122. The zero-order valence-electron chi connectivity index (χ0n) is 16.7. The van der Waals surface area contributed by atoms with Crippen molar-refractivity contribution in [3.63, 3.8) is 0 Å². The van der Waals surface area contributed by atoms with Gasteiger partial charge in [-0.3, -0.25) is 19.7 Å². The Labute approximate surface area is 174 Å². The molecule has 154 valence electrons. The van der Waals surface area contributed by atoms with E-state index in [-0.39, 0.29) is 11.3 Å². The molecule has 0 aromatic carbocycles. The summed E-state index contributed by atoms with van der Waals surface area (Å²) in [6, 6.07) is 7.62. The quantitative estimate of drug-likeness (QED) is 0.673. The molecule has 1 amide bonds. The maximum Gasteiger partial charge on any atom is 0.234 e. The number of nitrogens with zero attached hydrogens (tertiary/aromatic N) is 5. The van der Waals surface area contributed by atoms with Crippen molar-refractivity contribution in [1.29, 1.82) is 0 Å². The Morgan fingerprint density at radius 3 is 2.90 bits per heavy atom. The number of aromatic nitrogens is 4. The van der Waals surface area contributed by atoms with Crippen molar-refractivity contribution in [3.05, 3.63) is 60.5 Å². The Morgan fingerprint density at radius 2 is 2.10 bits per heavy atom. The van der Waals surface area contributed by atoms with Crippen LogP contribution in [0.25, 0.3) is 11.4 Å². The molecular weight excluding hydrogens is 380 g/mol. The van der Waals surface area contributed by atoms with Crippen molar-refractivity contribution in [2.24, 2.45) is 5.92 Å². The average molecular weight is 404 g/mol. The zero-order valence-corrected chi connectivity index (χ0v) is 16.7. The van der Waals surface area contributed by atoms with E-state index in [1.807, 2.05) is 24.3 Å². The van der Waals surface area contributed by atoms with Gasteiger partial charge in [0.25, 0.3) is 0 Å². The molecule has 3 aromatic rings.